The van der Waals surface area contributed by atoms with Crippen LogP contribution >= 0.6 is 0 Å². The summed E-state index contributed by atoms with van der Waals surface area (Å²) >= 11 is 0. The van der Waals surface area contributed by atoms with Crippen LogP contribution in [0.25, 0.3) is 0 Å². The smallest absolute Gasteiger partial charge is 0.142 e. The molecule has 0 bridgehead atoms. The number of carbonyl (C=O) groups is 1. The van der Waals surface area contributed by atoms with Gasteiger partial charge in [-0.15, -0.1) is 0 Å². The van der Waals surface area contributed by atoms with Crippen LogP contribution < -0.4 is 0 Å². The maximum Gasteiger partial charge on any atom is 0.142 e. The second-order valence-electron chi connectivity index (χ2n) is 2.99. The van der Waals surface area contributed by atoms with Crippen molar-refractivity contribution in [2.75, 3.05) is 6.61 Å². The summed E-state index contributed by atoms with van der Waals surface area (Å²) in [6.07, 6.45) is 3.87. The van der Waals surface area contributed by atoms with Gasteiger partial charge < -0.3 is 4.74 Å². The number of ether oxygens (including phenoxy) is 1. The van der Waals surface area contributed by atoms with Crippen molar-refractivity contribution in [2.24, 2.45) is 0 Å². The predicted molar refractivity (Wildman–Crippen MR) is 40.9 cm³/mol. The van der Waals surface area contributed by atoms with E-state index in [2.05, 4.69) is 0 Å². The van der Waals surface area contributed by atoms with Gasteiger partial charge in [0.05, 0.1) is 12.2 Å². The lowest BCUT2D eigenvalue weighted by Gasteiger charge is -2.17. The van der Waals surface area contributed by atoms with E-state index >= 15 is 0 Å². The molecular formula is C8H14O2. The molecule has 2 heteroatoms. The summed E-state index contributed by atoms with van der Waals surface area (Å²) in [7, 11) is 0. The number of allylic oxidation sites excluding steroid dienone is 1. The molecule has 0 aromatic rings. The molecule has 0 aliphatic carbocycles. The molecule has 0 rings (SSSR count). The summed E-state index contributed by atoms with van der Waals surface area (Å²) < 4.78 is 5.29. The normalized spacial score (nSPS) is 12.3. The molecule has 10 heavy (non-hydrogen) atoms. The van der Waals surface area contributed by atoms with Crippen LogP contribution in [0.1, 0.15) is 20.8 Å². The first kappa shape index (κ1) is 9.37. The second kappa shape index (κ2) is 4.23. The maximum atomic E-state index is 9.79. The van der Waals surface area contributed by atoms with Gasteiger partial charge in [0.2, 0.25) is 0 Å². The van der Waals surface area contributed by atoms with Gasteiger partial charge in [-0.2, -0.15) is 0 Å². The third-order valence-corrected chi connectivity index (χ3v) is 0.827. The van der Waals surface area contributed by atoms with Gasteiger partial charge in [0.15, 0.2) is 0 Å². The minimum atomic E-state index is -0.118. The molecule has 0 aromatic carbocycles. The lowest BCUT2D eigenvalue weighted by atomic mass is 10.2. The van der Waals surface area contributed by atoms with Crippen molar-refractivity contribution in [1.82, 2.24) is 0 Å². The van der Waals surface area contributed by atoms with Crippen LogP contribution in [0.5, 0.6) is 0 Å². The SMILES string of the molecule is CC(C)(C)OC/C=C/C=O. The Morgan fingerprint density at radius 2 is 2.00 bits per heavy atom. The molecule has 2 nitrogen and oxygen atoms in total. The van der Waals surface area contributed by atoms with Gasteiger partial charge in [-0.25, -0.2) is 0 Å². The Morgan fingerprint density at radius 1 is 1.40 bits per heavy atom. The van der Waals surface area contributed by atoms with Crippen LogP contribution in [-0.4, -0.2) is 18.5 Å². The summed E-state index contributed by atoms with van der Waals surface area (Å²) in [5.74, 6) is 0. The lowest BCUT2D eigenvalue weighted by molar-refractivity contribution is -0.104. The predicted octanol–water partition coefficient (Wildman–Crippen LogP) is 1.56. The standard InChI is InChI=1S/C8H14O2/c1-8(2,3)10-7-5-4-6-9/h4-6H,7H2,1-3H3/b5-4+. The van der Waals surface area contributed by atoms with E-state index in [0.29, 0.717) is 6.61 Å². The van der Waals surface area contributed by atoms with Gasteiger partial charge >= 0.3 is 0 Å². The van der Waals surface area contributed by atoms with Crippen molar-refractivity contribution < 1.29 is 9.53 Å². The van der Waals surface area contributed by atoms with Crippen molar-refractivity contribution in [3.05, 3.63) is 12.2 Å². The summed E-state index contributed by atoms with van der Waals surface area (Å²) in [6, 6.07) is 0. The molecule has 0 amide bonds. The first-order valence-corrected chi connectivity index (χ1v) is 3.30. The Balaban J connectivity index is 3.37. The fourth-order valence-corrected chi connectivity index (χ4v) is 0.409. The van der Waals surface area contributed by atoms with Crippen molar-refractivity contribution >= 4 is 6.29 Å². The topological polar surface area (TPSA) is 26.3 Å². The van der Waals surface area contributed by atoms with E-state index in [1.807, 2.05) is 20.8 Å². The first-order valence-electron chi connectivity index (χ1n) is 3.30. The highest BCUT2D eigenvalue weighted by Gasteiger charge is 2.07. The van der Waals surface area contributed by atoms with Gasteiger partial charge in [0.1, 0.15) is 6.29 Å². The van der Waals surface area contributed by atoms with Gasteiger partial charge in [-0.1, -0.05) is 6.08 Å². The van der Waals surface area contributed by atoms with E-state index in [1.165, 1.54) is 6.08 Å². The summed E-state index contributed by atoms with van der Waals surface area (Å²) in [4.78, 5) is 9.79. The van der Waals surface area contributed by atoms with E-state index in [-0.39, 0.29) is 5.60 Å². The number of hydrogen-bond acceptors (Lipinski definition) is 2. The number of rotatable bonds is 3. The van der Waals surface area contributed by atoms with Crippen LogP contribution in [0.15, 0.2) is 12.2 Å². The van der Waals surface area contributed by atoms with Crippen molar-refractivity contribution in [3.8, 4) is 0 Å². The van der Waals surface area contributed by atoms with Crippen LogP contribution in [0.4, 0.5) is 0 Å². The van der Waals surface area contributed by atoms with Crippen LogP contribution in [0.3, 0.4) is 0 Å². The molecule has 0 atom stereocenters. The summed E-state index contributed by atoms with van der Waals surface area (Å²) in [5.41, 5.74) is -0.118. The Hall–Kier alpha value is -0.630. The van der Waals surface area contributed by atoms with E-state index < -0.39 is 0 Å². The largest absolute Gasteiger partial charge is 0.372 e. The summed E-state index contributed by atoms with van der Waals surface area (Å²) in [6.45, 7) is 6.42. The number of aldehydes is 1. The molecule has 0 aliphatic heterocycles. The molecule has 0 heterocycles. The monoisotopic (exact) mass is 142 g/mol. The molecule has 58 valence electrons. The van der Waals surface area contributed by atoms with Gasteiger partial charge in [0, 0.05) is 0 Å². The quantitative estimate of drug-likeness (QED) is 0.441. The molecule has 0 aliphatic rings. The molecule has 0 unspecified atom stereocenters. The minimum absolute atomic E-state index is 0.118. The van der Waals surface area contributed by atoms with Crippen LogP contribution in [0, 0.1) is 0 Å². The van der Waals surface area contributed by atoms with E-state index in [4.69, 9.17) is 4.74 Å². The highest BCUT2D eigenvalue weighted by Crippen LogP contribution is 2.05. The highest BCUT2D eigenvalue weighted by atomic mass is 16.5. The zero-order valence-corrected chi connectivity index (χ0v) is 6.76. The average Bonchev–Trinajstić information content (AvgIpc) is 1.78. The fraction of sp³-hybridized carbons (Fsp3) is 0.625. The molecule has 0 aromatic heterocycles. The fourth-order valence-electron chi connectivity index (χ4n) is 0.409. The number of carbonyl (C=O) groups excluding carboxylic acids is 1. The van der Waals surface area contributed by atoms with Gasteiger partial charge in [-0.05, 0) is 26.8 Å². The maximum absolute atomic E-state index is 9.79. The molecule has 0 N–H and O–H groups in total. The van der Waals surface area contributed by atoms with Crippen molar-refractivity contribution in [3.63, 3.8) is 0 Å². The Labute approximate surface area is 61.9 Å². The van der Waals surface area contributed by atoms with Gasteiger partial charge in [-0.3, -0.25) is 4.79 Å². The van der Waals surface area contributed by atoms with Gasteiger partial charge in [0.25, 0.3) is 0 Å². The Bertz CT molecular complexity index is 120. The van der Waals surface area contributed by atoms with Crippen LogP contribution in [-0.2, 0) is 9.53 Å². The van der Waals surface area contributed by atoms with E-state index in [0.717, 1.165) is 6.29 Å². The highest BCUT2D eigenvalue weighted by molar-refractivity contribution is 5.64. The number of hydrogen-bond donors (Lipinski definition) is 0. The molecule has 0 radical (unpaired) electrons. The molecular weight excluding hydrogens is 128 g/mol. The van der Waals surface area contributed by atoms with Crippen LogP contribution in [0.2, 0.25) is 0 Å². The zero-order valence-electron chi connectivity index (χ0n) is 6.76. The molecule has 0 saturated heterocycles. The third-order valence-electron chi connectivity index (χ3n) is 0.827. The summed E-state index contributed by atoms with van der Waals surface area (Å²) in [5, 5.41) is 0. The Morgan fingerprint density at radius 3 is 2.40 bits per heavy atom. The van der Waals surface area contributed by atoms with Crippen molar-refractivity contribution in [2.45, 2.75) is 26.4 Å². The van der Waals surface area contributed by atoms with E-state index in [1.54, 1.807) is 6.08 Å². The molecule has 0 spiro atoms. The first-order chi connectivity index (χ1) is 4.56. The second-order valence-corrected chi connectivity index (χ2v) is 2.99. The zero-order chi connectivity index (χ0) is 8.04. The Kier molecular flexibility index (Phi) is 3.96. The molecule has 0 saturated carbocycles. The average molecular weight is 142 g/mol. The minimum Gasteiger partial charge on any atom is -0.372 e. The molecule has 0 fully saturated rings. The lowest BCUT2D eigenvalue weighted by Crippen LogP contribution is -2.18. The third kappa shape index (κ3) is 7.37. The van der Waals surface area contributed by atoms with Crippen molar-refractivity contribution in [1.29, 1.82) is 0 Å². The van der Waals surface area contributed by atoms with E-state index in [9.17, 15) is 4.79 Å².